The van der Waals surface area contributed by atoms with Crippen LogP contribution >= 0.6 is 11.3 Å². The number of anilines is 1. The van der Waals surface area contributed by atoms with Gasteiger partial charge in [0.2, 0.25) is 5.91 Å². The van der Waals surface area contributed by atoms with Crippen LogP contribution in [0.25, 0.3) is 0 Å². The Hall–Kier alpha value is -1.68. The maximum absolute atomic E-state index is 11.3. The minimum atomic E-state index is 0.00927. The Morgan fingerprint density at radius 1 is 1.33 bits per heavy atom. The third-order valence-electron chi connectivity index (χ3n) is 2.67. The molecule has 1 amide bonds. The SMILES string of the molecule is CCC(=O)Nc1nc(C)c(Cc2ccccc2)s1. The fraction of sp³-hybridized carbons (Fsp3) is 0.286. The van der Waals surface area contributed by atoms with Gasteiger partial charge in [0.1, 0.15) is 0 Å². The lowest BCUT2D eigenvalue weighted by Gasteiger charge is -1.98. The number of thiazole rings is 1. The van der Waals surface area contributed by atoms with Crippen molar-refractivity contribution in [2.24, 2.45) is 0 Å². The molecule has 0 unspecified atom stereocenters. The molecule has 0 aliphatic heterocycles. The van der Waals surface area contributed by atoms with E-state index in [9.17, 15) is 4.79 Å². The van der Waals surface area contributed by atoms with Gasteiger partial charge < -0.3 is 5.32 Å². The average molecular weight is 260 g/mol. The maximum atomic E-state index is 11.3. The first kappa shape index (κ1) is 12.8. The van der Waals surface area contributed by atoms with Crippen LogP contribution < -0.4 is 5.32 Å². The predicted octanol–water partition coefficient (Wildman–Crippen LogP) is 3.39. The smallest absolute Gasteiger partial charge is 0.225 e. The van der Waals surface area contributed by atoms with Crippen molar-refractivity contribution < 1.29 is 4.79 Å². The monoisotopic (exact) mass is 260 g/mol. The van der Waals surface area contributed by atoms with Crippen LogP contribution in [0.2, 0.25) is 0 Å². The Kier molecular flexibility index (Phi) is 4.10. The van der Waals surface area contributed by atoms with Crippen LogP contribution in [0.4, 0.5) is 5.13 Å². The van der Waals surface area contributed by atoms with Crippen LogP contribution in [0.5, 0.6) is 0 Å². The van der Waals surface area contributed by atoms with Crippen molar-refractivity contribution in [1.82, 2.24) is 4.98 Å². The van der Waals surface area contributed by atoms with Gasteiger partial charge in [-0.25, -0.2) is 4.98 Å². The number of nitrogens with one attached hydrogen (secondary N) is 1. The van der Waals surface area contributed by atoms with Gasteiger partial charge in [-0.15, -0.1) is 11.3 Å². The van der Waals surface area contributed by atoms with E-state index in [0.717, 1.165) is 12.1 Å². The number of benzene rings is 1. The minimum Gasteiger partial charge on any atom is -0.302 e. The molecule has 0 fully saturated rings. The zero-order valence-electron chi connectivity index (χ0n) is 10.6. The lowest BCUT2D eigenvalue weighted by Crippen LogP contribution is -2.08. The highest BCUT2D eigenvalue weighted by Crippen LogP contribution is 2.25. The van der Waals surface area contributed by atoms with E-state index in [2.05, 4.69) is 22.4 Å². The van der Waals surface area contributed by atoms with E-state index in [4.69, 9.17) is 0 Å². The Bertz CT molecular complexity index is 534. The standard InChI is InChI=1S/C14H16N2OS/c1-3-13(17)16-14-15-10(2)12(18-14)9-11-7-5-4-6-8-11/h4-8H,3,9H2,1-2H3,(H,15,16,17). The molecule has 1 N–H and O–H groups in total. The molecule has 2 rings (SSSR count). The molecule has 1 aromatic carbocycles. The third kappa shape index (κ3) is 3.17. The first-order chi connectivity index (χ1) is 8.69. The second kappa shape index (κ2) is 5.78. The first-order valence-electron chi connectivity index (χ1n) is 5.99. The van der Waals surface area contributed by atoms with E-state index < -0.39 is 0 Å². The van der Waals surface area contributed by atoms with Gasteiger partial charge >= 0.3 is 0 Å². The average Bonchev–Trinajstić information content (AvgIpc) is 2.71. The van der Waals surface area contributed by atoms with Gasteiger partial charge in [0.15, 0.2) is 5.13 Å². The van der Waals surface area contributed by atoms with Crippen molar-refractivity contribution in [2.45, 2.75) is 26.7 Å². The number of aryl methyl sites for hydroxylation is 1. The summed E-state index contributed by atoms with van der Waals surface area (Å²) in [5.74, 6) is 0.00927. The number of rotatable bonds is 4. The summed E-state index contributed by atoms with van der Waals surface area (Å²) in [4.78, 5) is 16.9. The van der Waals surface area contributed by atoms with E-state index >= 15 is 0 Å². The Morgan fingerprint density at radius 2 is 2.06 bits per heavy atom. The lowest BCUT2D eigenvalue weighted by molar-refractivity contribution is -0.115. The van der Waals surface area contributed by atoms with Gasteiger partial charge in [-0.05, 0) is 12.5 Å². The van der Waals surface area contributed by atoms with Crippen LogP contribution in [0.3, 0.4) is 0 Å². The van der Waals surface area contributed by atoms with E-state index in [1.165, 1.54) is 10.4 Å². The number of carbonyl (C=O) groups excluding carboxylic acids is 1. The molecule has 0 saturated heterocycles. The van der Waals surface area contributed by atoms with Gasteiger partial charge in [0.25, 0.3) is 0 Å². The summed E-state index contributed by atoms with van der Waals surface area (Å²) in [6.07, 6.45) is 1.35. The number of nitrogens with zero attached hydrogens (tertiary/aromatic N) is 1. The van der Waals surface area contributed by atoms with Crippen molar-refractivity contribution in [2.75, 3.05) is 5.32 Å². The number of carbonyl (C=O) groups is 1. The summed E-state index contributed by atoms with van der Waals surface area (Å²) >= 11 is 1.55. The summed E-state index contributed by atoms with van der Waals surface area (Å²) in [6, 6.07) is 10.3. The summed E-state index contributed by atoms with van der Waals surface area (Å²) in [6.45, 7) is 3.82. The molecular weight excluding hydrogens is 244 g/mol. The molecule has 94 valence electrons. The second-order valence-electron chi connectivity index (χ2n) is 4.09. The molecule has 1 heterocycles. The second-order valence-corrected chi connectivity index (χ2v) is 5.18. The van der Waals surface area contributed by atoms with Gasteiger partial charge in [-0.2, -0.15) is 0 Å². The molecule has 0 atom stereocenters. The van der Waals surface area contributed by atoms with Crippen LogP contribution in [-0.4, -0.2) is 10.9 Å². The highest BCUT2D eigenvalue weighted by Gasteiger charge is 2.09. The summed E-state index contributed by atoms with van der Waals surface area (Å²) in [5, 5.41) is 3.51. The van der Waals surface area contributed by atoms with Crippen molar-refractivity contribution in [1.29, 1.82) is 0 Å². The molecule has 0 bridgehead atoms. The van der Waals surface area contributed by atoms with Crippen LogP contribution in [0.1, 0.15) is 29.5 Å². The highest BCUT2D eigenvalue weighted by molar-refractivity contribution is 7.15. The number of hydrogen-bond donors (Lipinski definition) is 1. The van der Waals surface area contributed by atoms with Gasteiger partial charge in [-0.3, -0.25) is 4.79 Å². The van der Waals surface area contributed by atoms with E-state index in [-0.39, 0.29) is 5.91 Å². The van der Waals surface area contributed by atoms with Gasteiger partial charge in [0.05, 0.1) is 5.69 Å². The minimum absolute atomic E-state index is 0.00927. The molecule has 4 heteroatoms. The lowest BCUT2D eigenvalue weighted by atomic mass is 10.1. The molecular formula is C14H16N2OS. The summed E-state index contributed by atoms with van der Waals surface area (Å²) in [5.41, 5.74) is 2.26. The van der Waals surface area contributed by atoms with E-state index in [0.29, 0.717) is 11.6 Å². The number of hydrogen-bond acceptors (Lipinski definition) is 3. The molecule has 0 spiro atoms. The van der Waals surface area contributed by atoms with Crippen LogP contribution in [0.15, 0.2) is 30.3 Å². The van der Waals surface area contributed by atoms with Gasteiger partial charge in [-0.1, -0.05) is 37.3 Å². The van der Waals surface area contributed by atoms with E-state index in [1.807, 2.05) is 32.0 Å². The first-order valence-corrected chi connectivity index (χ1v) is 6.80. The molecule has 0 saturated carbocycles. The Labute approximate surface area is 111 Å². The van der Waals surface area contributed by atoms with Crippen LogP contribution in [-0.2, 0) is 11.2 Å². The number of amides is 1. The normalized spacial score (nSPS) is 10.3. The summed E-state index contributed by atoms with van der Waals surface area (Å²) in [7, 11) is 0. The molecule has 1 aromatic heterocycles. The third-order valence-corrected chi connectivity index (χ3v) is 3.74. The quantitative estimate of drug-likeness (QED) is 0.915. The topological polar surface area (TPSA) is 42.0 Å². The Morgan fingerprint density at radius 3 is 2.72 bits per heavy atom. The molecule has 0 aliphatic carbocycles. The molecule has 2 aromatic rings. The maximum Gasteiger partial charge on any atom is 0.225 e. The van der Waals surface area contributed by atoms with Crippen molar-refractivity contribution >= 4 is 22.4 Å². The van der Waals surface area contributed by atoms with Crippen molar-refractivity contribution in [3.8, 4) is 0 Å². The van der Waals surface area contributed by atoms with E-state index in [1.54, 1.807) is 11.3 Å². The fourth-order valence-electron chi connectivity index (χ4n) is 1.63. The zero-order chi connectivity index (χ0) is 13.0. The molecule has 0 aliphatic rings. The zero-order valence-corrected chi connectivity index (χ0v) is 11.4. The van der Waals surface area contributed by atoms with Gasteiger partial charge in [0, 0.05) is 17.7 Å². The molecule has 0 radical (unpaired) electrons. The fourth-order valence-corrected chi connectivity index (χ4v) is 2.65. The Balaban J connectivity index is 2.12. The van der Waals surface area contributed by atoms with Crippen molar-refractivity contribution in [3.63, 3.8) is 0 Å². The molecule has 18 heavy (non-hydrogen) atoms. The summed E-state index contributed by atoms with van der Waals surface area (Å²) < 4.78 is 0. The predicted molar refractivity (Wildman–Crippen MR) is 75.0 cm³/mol. The van der Waals surface area contributed by atoms with Crippen molar-refractivity contribution in [3.05, 3.63) is 46.5 Å². The largest absolute Gasteiger partial charge is 0.302 e. The number of aromatic nitrogens is 1. The van der Waals surface area contributed by atoms with Crippen LogP contribution in [0, 0.1) is 6.92 Å². The highest BCUT2D eigenvalue weighted by atomic mass is 32.1. The molecule has 3 nitrogen and oxygen atoms in total.